The molecule has 0 saturated heterocycles. The number of hydrogen-bond donors (Lipinski definition) is 1. The number of rotatable bonds is 8. The lowest BCUT2D eigenvalue weighted by Crippen LogP contribution is -3.08. The van der Waals surface area contributed by atoms with Crippen LogP contribution in [0.15, 0.2) is 79.0 Å². The third-order valence-electron chi connectivity index (χ3n) is 5.35. The first kappa shape index (κ1) is 19.6. The first-order valence-electron chi connectivity index (χ1n) is 10.2. The number of nitrogens with one attached hydrogen (secondary N) is 1. The van der Waals surface area contributed by atoms with E-state index in [0.29, 0.717) is 0 Å². The fraction of sp³-hybridized carbons (Fsp3) is 0.250. The number of aryl methyl sites for hydroxylation is 2. The summed E-state index contributed by atoms with van der Waals surface area (Å²) in [4.78, 5) is 5.85. The number of likely N-dealkylation sites (N-methyl/N-ethyl adjacent to an activating group) is 1. The molecule has 0 amide bonds. The zero-order valence-corrected chi connectivity index (χ0v) is 17.6. The molecular formula is C24H27N4S+. The maximum atomic E-state index is 5.90. The molecule has 1 unspecified atom stereocenters. The Hall–Kier alpha value is -2.76. The molecule has 4 rings (SSSR count). The van der Waals surface area contributed by atoms with Gasteiger partial charge in [0.2, 0.25) is 0 Å². The molecule has 4 aromatic rings. The lowest BCUT2D eigenvalue weighted by Gasteiger charge is -2.15. The molecule has 0 aliphatic heterocycles. The molecule has 148 valence electrons. The number of nitrogens with zero attached hydrogens (tertiary/aromatic N) is 3. The van der Waals surface area contributed by atoms with Crippen molar-refractivity contribution >= 4 is 23.3 Å². The van der Waals surface area contributed by atoms with Gasteiger partial charge in [0.15, 0.2) is 11.4 Å². The monoisotopic (exact) mass is 403 g/mol. The predicted molar refractivity (Wildman–Crippen MR) is 121 cm³/mol. The van der Waals surface area contributed by atoms with E-state index < -0.39 is 0 Å². The van der Waals surface area contributed by atoms with Crippen LogP contribution in [0.25, 0.3) is 11.0 Å². The Morgan fingerprint density at radius 3 is 2.24 bits per heavy atom. The van der Waals surface area contributed by atoms with Crippen LogP contribution in [0.3, 0.4) is 0 Å². The van der Waals surface area contributed by atoms with E-state index in [4.69, 9.17) is 12.2 Å². The van der Waals surface area contributed by atoms with Gasteiger partial charge in [0.05, 0.1) is 24.6 Å². The number of fused-ring (bicyclic) bond motifs is 1. The summed E-state index contributed by atoms with van der Waals surface area (Å²) >= 11 is 5.90. The zero-order chi connectivity index (χ0) is 20.1. The van der Waals surface area contributed by atoms with E-state index in [1.807, 2.05) is 18.3 Å². The molecule has 1 atom stereocenters. The summed E-state index contributed by atoms with van der Waals surface area (Å²) in [5, 5.41) is 0. The maximum absolute atomic E-state index is 5.90. The third-order valence-corrected chi connectivity index (χ3v) is 5.79. The summed E-state index contributed by atoms with van der Waals surface area (Å²) < 4.78 is 5.46. The average Bonchev–Trinajstić information content (AvgIpc) is 3.03. The molecule has 0 fully saturated rings. The topological polar surface area (TPSA) is 27.2 Å². The van der Waals surface area contributed by atoms with Gasteiger partial charge in [0.25, 0.3) is 0 Å². The highest BCUT2D eigenvalue weighted by Crippen LogP contribution is 2.18. The van der Waals surface area contributed by atoms with Gasteiger partial charge < -0.3 is 9.47 Å². The second-order valence-corrected chi connectivity index (χ2v) is 7.89. The van der Waals surface area contributed by atoms with E-state index in [-0.39, 0.29) is 0 Å². The van der Waals surface area contributed by atoms with Crippen molar-refractivity contribution < 1.29 is 4.90 Å². The number of para-hydroxylation sites is 2. The highest BCUT2D eigenvalue weighted by molar-refractivity contribution is 7.71. The van der Waals surface area contributed by atoms with Crippen molar-refractivity contribution in [1.29, 1.82) is 0 Å². The number of benzene rings is 2. The van der Waals surface area contributed by atoms with E-state index in [1.165, 1.54) is 21.5 Å². The van der Waals surface area contributed by atoms with Crippen LogP contribution < -0.4 is 4.90 Å². The lowest BCUT2D eigenvalue weighted by atomic mass is 10.1. The molecule has 0 bridgehead atoms. The SMILES string of the molecule is C[NH+](CCc1ccccn1)Cn1c(=S)n(CCc2ccccc2)c2ccccc21. The molecule has 5 heteroatoms. The molecule has 0 saturated carbocycles. The molecule has 0 spiro atoms. The van der Waals surface area contributed by atoms with E-state index in [1.54, 1.807) is 0 Å². The zero-order valence-electron chi connectivity index (χ0n) is 16.8. The van der Waals surface area contributed by atoms with Gasteiger partial charge in [-0.2, -0.15) is 0 Å². The Bertz CT molecular complexity index is 1120. The summed E-state index contributed by atoms with van der Waals surface area (Å²) in [6.45, 7) is 2.76. The Kier molecular flexibility index (Phi) is 6.17. The second-order valence-electron chi connectivity index (χ2n) is 7.52. The summed E-state index contributed by atoms with van der Waals surface area (Å²) in [7, 11) is 2.22. The molecule has 0 aliphatic carbocycles. The summed E-state index contributed by atoms with van der Waals surface area (Å²) in [6, 6.07) is 25.3. The number of quaternary nitrogens is 1. The van der Waals surface area contributed by atoms with Gasteiger partial charge in [-0.3, -0.25) is 9.55 Å². The molecule has 29 heavy (non-hydrogen) atoms. The predicted octanol–water partition coefficient (Wildman–Crippen LogP) is 3.52. The van der Waals surface area contributed by atoms with Crippen molar-refractivity contribution in [2.75, 3.05) is 13.6 Å². The largest absolute Gasteiger partial charge is 0.320 e. The minimum Gasteiger partial charge on any atom is -0.320 e. The van der Waals surface area contributed by atoms with Crippen LogP contribution in [0.4, 0.5) is 0 Å². The molecule has 4 nitrogen and oxygen atoms in total. The van der Waals surface area contributed by atoms with Crippen LogP contribution in [0.1, 0.15) is 11.3 Å². The maximum Gasteiger partial charge on any atom is 0.185 e. The van der Waals surface area contributed by atoms with Gasteiger partial charge in [0.1, 0.15) is 0 Å². The minimum atomic E-state index is 0.852. The van der Waals surface area contributed by atoms with Gasteiger partial charge in [-0.1, -0.05) is 48.5 Å². The number of hydrogen-bond acceptors (Lipinski definition) is 2. The van der Waals surface area contributed by atoms with Gasteiger partial charge in [-0.05, 0) is 48.5 Å². The summed E-state index contributed by atoms with van der Waals surface area (Å²) in [5.41, 5.74) is 4.90. The first-order chi connectivity index (χ1) is 14.2. The lowest BCUT2D eigenvalue weighted by molar-refractivity contribution is -0.902. The van der Waals surface area contributed by atoms with Crippen LogP contribution in [0.5, 0.6) is 0 Å². The Balaban J connectivity index is 1.53. The normalized spacial score (nSPS) is 12.3. The van der Waals surface area contributed by atoms with Crippen molar-refractivity contribution in [3.8, 4) is 0 Å². The second kappa shape index (κ2) is 9.16. The minimum absolute atomic E-state index is 0.852. The van der Waals surface area contributed by atoms with Crippen LogP contribution in [-0.2, 0) is 26.1 Å². The summed E-state index contributed by atoms with van der Waals surface area (Å²) in [5.74, 6) is 0. The van der Waals surface area contributed by atoms with E-state index in [2.05, 4.69) is 81.8 Å². The molecule has 1 N–H and O–H groups in total. The molecule has 2 heterocycles. The van der Waals surface area contributed by atoms with E-state index in [9.17, 15) is 0 Å². The molecule has 2 aromatic carbocycles. The van der Waals surface area contributed by atoms with Gasteiger partial charge in [0, 0.05) is 24.9 Å². The van der Waals surface area contributed by atoms with Crippen LogP contribution in [-0.4, -0.2) is 27.7 Å². The Morgan fingerprint density at radius 1 is 0.828 bits per heavy atom. The van der Waals surface area contributed by atoms with Crippen molar-refractivity contribution in [2.45, 2.75) is 26.1 Å². The number of imidazole rings is 1. The fourth-order valence-corrected chi connectivity index (χ4v) is 4.12. The van der Waals surface area contributed by atoms with Crippen molar-refractivity contribution in [3.05, 3.63) is 95.0 Å². The smallest absolute Gasteiger partial charge is 0.185 e. The van der Waals surface area contributed by atoms with Crippen LogP contribution in [0.2, 0.25) is 0 Å². The van der Waals surface area contributed by atoms with E-state index in [0.717, 1.165) is 43.1 Å². The van der Waals surface area contributed by atoms with E-state index >= 15 is 0 Å². The molecule has 0 aliphatic rings. The number of pyridine rings is 1. The summed E-state index contributed by atoms with van der Waals surface area (Å²) in [6.07, 6.45) is 3.80. The first-order valence-corrected chi connectivity index (χ1v) is 10.6. The highest BCUT2D eigenvalue weighted by atomic mass is 32.1. The van der Waals surface area contributed by atoms with Crippen molar-refractivity contribution in [1.82, 2.24) is 14.1 Å². The average molecular weight is 404 g/mol. The van der Waals surface area contributed by atoms with Crippen molar-refractivity contribution in [2.24, 2.45) is 0 Å². The number of aromatic nitrogens is 3. The Labute approximate surface area is 177 Å². The van der Waals surface area contributed by atoms with Crippen molar-refractivity contribution in [3.63, 3.8) is 0 Å². The standard InChI is InChI=1S/C24H26N4S/c1-26(17-15-21-11-7-8-16-25-21)19-28-23-13-6-5-12-22(23)27(24(28)29)18-14-20-9-3-2-4-10-20/h2-13,16H,14-15,17-19H2,1H3/p+1. The van der Waals surface area contributed by atoms with Gasteiger partial charge in [-0.25, -0.2) is 0 Å². The molecular weight excluding hydrogens is 376 g/mol. The highest BCUT2D eigenvalue weighted by Gasteiger charge is 2.13. The third kappa shape index (κ3) is 4.63. The van der Waals surface area contributed by atoms with Crippen LogP contribution >= 0.6 is 12.2 Å². The quantitative estimate of drug-likeness (QED) is 0.456. The Morgan fingerprint density at radius 2 is 1.52 bits per heavy atom. The van der Waals surface area contributed by atoms with Crippen LogP contribution in [0, 0.1) is 4.77 Å². The van der Waals surface area contributed by atoms with Gasteiger partial charge in [-0.15, -0.1) is 0 Å². The molecule has 0 radical (unpaired) electrons. The van der Waals surface area contributed by atoms with Gasteiger partial charge >= 0.3 is 0 Å². The molecule has 2 aromatic heterocycles. The fourth-order valence-electron chi connectivity index (χ4n) is 3.76.